The van der Waals surface area contributed by atoms with Crippen molar-refractivity contribution in [1.82, 2.24) is 5.32 Å². The Labute approximate surface area is 149 Å². The zero-order valence-electron chi connectivity index (χ0n) is 14.6. The molecular weight excluding hydrogens is 349 g/mol. The first-order chi connectivity index (χ1) is 11.7. The monoisotopic (exact) mass is 370 g/mol. The highest BCUT2D eigenvalue weighted by molar-refractivity contribution is 8.04. The van der Waals surface area contributed by atoms with Crippen LogP contribution < -0.4 is 10.2 Å². The zero-order valence-corrected chi connectivity index (χ0v) is 15.4. The molecule has 1 amide bonds. The molecule has 1 aliphatic heterocycles. The third-order valence-corrected chi connectivity index (χ3v) is 6.07. The second-order valence-electron chi connectivity index (χ2n) is 7.21. The van der Waals surface area contributed by atoms with Gasteiger partial charge in [0.1, 0.15) is 16.5 Å². The molecule has 3 rings (SSSR count). The van der Waals surface area contributed by atoms with Gasteiger partial charge in [-0.05, 0) is 47.9 Å². The number of fused-ring (bicyclic) bond motifs is 1. The van der Waals surface area contributed by atoms with Gasteiger partial charge in [-0.2, -0.15) is 0 Å². The topological polar surface area (TPSA) is 32.3 Å². The summed E-state index contributed by atoms with van der Waals surface area (Å²) in [4.78, 5) is 12.3. The SMILES string of the molecule is CC1CC(C)(C)c2c(F)ccc(N3C(C(F)F)=C(NC=O)SC3C)c21. The predicted molar refractivity (Wildman–Crippen MR) is 94.2 cm³/mol. The Morgan fingerprint density at radius 3 is 2.64 bits per heavy atom. The molecule has 2 unspecified atom stereocenters. The fourth-order valence-corrected chi connectivity index (χ4v) is 5.33. The van der Waals surface area contributed by atoms with E-state index in [-0.39, 0.29) is 33.3 Å². The average Bonchev–Trinajstić information content (AvgIpc) is 2.95. The minimum absolute atomic E-state index is 0.0647. The zero-order chi connectivity index (χ0) is 18.5. The molecule has 0 fully saturated rings. The normalized spacial score (nSPS) is 24.9. The van der Waals surface area contributed by atoms with Crippen LogP contribution in [0.5, 0.6) is 0 Å². The number of thioether (sulfide) groups is 1. The Kier molecular flexibility index (Phi) is 4.56. The van der Waals surface area contributed by atoms with E-state index in [1.807, 2.05) is 20.8 Å². The number of hydrogen-bond donors (Lipinski definition) is 1. The molecule has 2 atom stereocenters. The van der Waals surface area contributed by atoms with Crippen molar-refractivity contribution >= 4 is 23.9 Å². The van der Waals surface area contributed by atoms with Crippen LogP contribution in [-0.2, 0) is 10.2 Å². The Hall–Kier alpha value is -1.63. The van der Waals surface area contributed by atoms with Crippen LogP contribution in [-0.4, -0.2) is 18.2 Å². The summed E-state index contributed by atoms with van der Waals surface area (Å²) in [6, 6.07) is 2.94. The Morgan fingerprint density at radius 1 is 1.36 bits per heavy atom. The van der Waals surface area contributed by atoms with Gasteiger partial charge in [0.15, 0.2) is 0 Å². The van der Waals surface area contributed by atoms with Crippen molar-refractivity contribution < 1.29 is 18.0 Å². The number of anilines is 1. The van der Waals surface area contributed by atoms with Crippen LogP contribution in [0.25, 0.3) is 0 Å². The van der Waals surface area contributed by atoms with Crippen molar-refractivity contribution in [3.05, 3.63) is 39.8 Å². The summed E-state index contributed by atoms with van der Waals surface area (Å²) in [7, 11) is 0. The molecule has 25 heavy (non-hydrogen) atoms. The van der Waals surface area contributed by atoms with Crippen molar-refractivity contribution in [1.29, 1.82) is 0 Å². The highest BCUT2D eigenvalue weighted by Crippen LogP contribution is 2.53. The molecule has 136 valence electrons. The molecule has 0 saturated carbocycles. The van der Waals surface area contributed by atoms with E-state index in [1.54, 1.807) is 13.0 Å². The molecule has 1 N–H and O–H groups in total. The van der Waals surface area contributed by atoms with Gasteiger partial charge in [0, 0.05) is 5.69 Å². The van der Waals surface area contributed by atoms with Crippen LogP contribution in [0, 0.1) is 5.82 Å². The molecule has 7 heteroatoms. The molecule has 3 nitrogen and oxygen atoms in total. The van der Waals surface area contributed by atoms with Crippen molar-refractivity contribution in [2.45, 2.75) is 57.2 Å². The van der Waals surface area contributed by atoms with E-state index in [9.17, 15) is 18.0 Å². The first-order valence-corrected chi connectivity index (χ1v) is 9.08. The fourth-order valence-electron chi connectivity index (χ4n) is 4.23. The van der Waals surface area contributed by atoms with Crippen molar-refractivity contribution in [2.24, 2.45) is 0 Å². The van der Waals surface area contributed by atoms with Crippen LogP contribution in [0.1, 0.15) is 51.2 Å². The lowest BCUT2D eigenvalue weighted by Crippen LogP contribution is -2.30. The standard InChI is InChI=1S/C18H21F3N2OS/c1-9-7-18(3,4)14-11(19)5-6-12(13(9)14)23-10(2)25-17(22-8-24)15(23)16(20)21/h5-6,8-10,16H,7H2,1-4H3,(H,22,24). The quantitative estimate of drug-likeness (QED) is 0.781. The third kappa shape index (κ3) is 2.82. The molecule has 0 saturated heterocycles. The minimum atomic E-state index is -2.75. The number of carbonyl (C=O) groups is 1. The first-order valence-electron chi connectivity index (χ1n) is 8.20. The summed E-state index contributed by atoms with van der Waals surface area (Å²) in [6.45, 7) is 7.76. The number of alkyl halides is 2. The van der Waals surface area contributed by atoms with Crippen LogP contribution in [0.3, 0.4) is 0 Å². The van der Waals surface area contributed by atoms with E-state index in [4.69, 9.17) is 0 Å². The number of nitrogens with one attached hydrogen (secondary N) is 1. The van der Waals surface area contributed by atoms with Gasteiger partial charge in [-0.1, -0.05) is 32.5 Å². The van der Waals surface area contributed by atoms with Crippen LogP contribution in [0.4, 0.5) is 18.9 Å². The molecule has 1 aromatic rings. The van der Waals surface area contributed by atoms with E-state index in [1.165, 1.54) is 22.7 Å². The predicted octanol–water partition coefficient (Wildman–Crippen LogP) is 4.69. The van der Waals surface area contributed by atoms with Gasteiger partial charge in [0.05, 0.1) is 5.37 Å². The summed E-state index contributed by atoms with van der Waals surface area (Å²) in [6.07, 6.45) is -1.58. The van der Waals surface area contributed by atoms with Crippen LogP contribution >= 0.6 is 11.8 Å². The van der Waals surface area contributed by atoms with Gasteiger partial charge in [-0.3, -0.25) is 4.79 Å². The number of benzene rings is 1. The van der Waals surface area contributed by atoms with Gasteiger partial charge in [0.2, 0.25) is 6.41 Å². The summed E-state index contributed by atoms with van der Waals surface area (Å²) < 4.78 is 42.1. The first kappa shape index (κ1) is 18.2. The molecule has 0 radical (unpaired) electrons. The highest BCUT2D eigenvalue weighted by Gasteiger charge is 2.43. The number of halogens is 3. The summed E-state index contributed by atoms with van der Waals surface area (Å²) >= 11 is 1.17. The number of rotatable bonds is 4. The van der Waals surface area contributed by atoms with E-state index in [0.717, 1.165) is 12.0 Å². The molecule has 2 aliphatic rings. The largest absolute Gasteiger partial charge is 0.325 e. The van der Waals surface area contributed by atoms with Gasteiger partial charge >= 0.3 is 0 Å². The van der Waals surface area contributed by atoms with Crippen molar-refractivity contribution in [3.63, 3.8) is 0 Å². The minimum Gasteiger partial charge on any atom is -0.325 e. The third-order valence-electron chi connectivity index (χ3n) is 4.96. The Balaban J connectivity index is 2.20. The van der Waals surface area contributed by atoms with Gasteiger partial charge in [-0.15, -0.1) is 0 Å². The smallest absolute Gasteiger partial charge is 0.281 e. The average molecular weight is 370 g/mol. The lowest BCUT2D eigenvalue weighted by atomic mass is 9.85. The summed E-state index contributed by atoms with van der Waals surface area (Å²) in [5, 5.41) is 2.21. The molecular formula is C18H21F3N2OS. The van der Waals surface area contributed by atoms with Crippen molar-refractivity contribution in [3.8, 4) is 0 Å². The van der Waals surface area contributed by atoms with Gasteiger partial charge in [-0.25, -0.2) is 13.2 Å². The van der Waals surface area contributed by atoms with Crippen LogP contribution in [0.2, 0.25) is 0 Å². The number of carbonyl (C=O) groups excluding carboxylic acids is 1. The lowest BCUT2D eigenvalue weighted by Gasteiger charge is -2.30. The van der Waals surface area contributed by atoms with E-state index >= 15 is 0 Å². The van der Waals surface area contributed by atoms with Crippen LogP contribution in [0.15, 0.2) is 22.9 Å². The van der Waals surface area contributed by atoms with Gasteiger partial charge in [0.25, 0.3) is 6.43 Å². The number of amides is 1. The molecule has 1 aliphatic carbocycles. The second kappa shape index (κ2) is 6.27. The van der Waals surface area contributed by atoms with Crippen molar-refractivity contribution in [2.75, 3.05) is 4.90 Å². The highest BCUT2D eigenvalue weighted by atomic mass is 32.2. The second-order valence-corrected chi connectivity index (χ2v) is 8.53. The molecule has 1 heterocycles. The molecule has 0 aromatic heterocycles. The van der Waals surface area contributed by atoms with E-state index in [0.29, 0.717) is 17.7 Å². The maximum atomic E-state index is 14.5. The molecule has 0 spiro atoms. The number of hydrogen-bond acceptors (Lipinski definition) is 3. The summed E-state index contributed by atoms with van der Waals surface area (Å²) in [5.74, 6) is -0.226. The number of nitrogens with zero attached hydrogens (tertiary/aromatic N) is 1. The molecule has 1 aromatic carbocycles. The Morgan fingerprint density at radius 2 is 2.04 bits per heavy atom. The fraction of sp³-hybridized carbons (Fsp3) is 0.500. The van der Waals surface area contributed by atoms with Gasteiger partial charge < -0.3 is 10.2 Å². The Bertz CT molecular complexity index is 748. The lowest BCUT2D eigenvalue weighted by molar-refractivity contribution is -0.108. The maximum absolute atomic E-state index is 14.5. The maximum Gasteiger partial charge on any atom is 0.281 e. The van der Waals surface area contributed by atoms with E-state index < -0.39 is 6.43 Å². The van der Waals surface area contributed by atoms with E-state index in [2.05, 4.69) is 5.32 Å². The summed E-state index contributed by atoms with van der Waals surface area (Å²) in [5.41, 5.74) is 1.44. The molecule has 0 bridgehead atoms. The number of allylic oxidation sites excluding steroid dienone is 1.